The van der Waals surface area contributed by atoms with Gasteiger partial charge in [0.2, 0.25) is 0 Å². The smallest absolute Gasteiger partial charge is 0.467 e. The molecular formula is C12H9BrF3NO2. The zero-order chi connectivity index (χ0) is 13.9. The number of rotatable bonds is 4. The summed E-state index contributed by atoms with van der Waals surface area (Å²) in [5.41, 5.74) is 0.233. The Balaban J connectivity index is 2.14. The van der Waals surface area contributed by atoms with E-state index in [9.17, 15) is 13.2 Å². The van der Waals surface area contributed by atoms with Crippen LogP contribution in [0.4, 0.5) is 18.9 Å². The Hall–Kier alpha value is -1.63. The van der Waals surface area contributed by atoms with Crippen molar-refractivity contribution >= 4 is 21.6 Å². The van der Waals surface area contributed by atoms with E-state index in [0.717, 1.165) is 0 Å². The first-order valence-corrected chi connectivity index (χ1v) is 6.05. The molecule has 1 N–H and O–H groups in total. The maximum atomic E-state index is 12.3. The van der Waals surface area contributed by atoms with Crippen molar-refractivity contribution in [3.63, 3.8) is 0 Å². The van der Waals surface area contributed by atoms with Crippen LogP contribution in [0.2, 0.25) is 0 Å². The summed E-state index contributed by atoms with van der Waals surface area (Å²) in [6.07, 6.45) is -3.24. The van der Waals surface area contributed by atoms with E-state index < -0.39 is 6.36 Å². The van der Waals surface area contributed by atoms with Gasteiger partial charge in [-0.2, -0.15) is 0 Å². The normalized spacial score (nSPS) is 11.4. The van der Waals surface area contributed by atoms with E-state index in [4.69, 9.17) is 4.42 Å². The molecule has 0 unspecified atom stereocenters. The lowest BCUT2D eigenvalue weighted by molar-refractivity contribution is -0.274. The number of alkyl halides is 3. The largest absolute Gasteiger partial charge is 0.573 e. The highest BCUT2D eigenvalue weighted by molar-refractivity contribution is 9.10. The van der Waals surface area contributed by atoms with Crippen LogP contribution in [0, 0.1) is 0 Å². The van der Waals surface area contributed by atoms with Gasteiger partial charge in [0.25, 0.3) is 0 Å². The standard InChI is InChI=1S/C12H9BrF3NO2/c13-8-3-4-10(11(6-8)19-12(14,15)16)17-7-9-2-1-5-18-9/h1-6,17H,7H2. The fourth-order valence-electron chi connectivity index (χ4n) is 1.45. The number of halogens is 4. The molecule has 0 radical (unpaired) electrons. The molecule has 0 aliphatic rings. The molecule has 1 aromatic heterocycles. The molecule has 0 aliphatic heterocycles. The molecule has 2 aromatic rings. The Bertz CT molecular complexity index is 540. The van der Waals surface area contributed by atoms with Crippen molar-refractivity contribution in [1.82, 2.24) is 0 Å². The Morgan fingerprint density at radius 3 is 2.68 bits per heavy atom. The van der Waals surface area contributed by atoms with Gasteiger partial charge in [-0.25, -0.2) is 0 Å². The van der Waals surface area contributed by atoms with Gasteiger partial charge >= 0.3 is 6.36 Å². The quantitative estimate of drug-likeness (QED) is 0.889. The van der Waals surface area contributed by atoms with Crippen molar-refractivity contribution in [3.8, 4) is 5.75 Å². The van der Waals surface area contributed by atoms with Gasteiger partial charge in [-0.15, -0.1) is 13.2 Å². The summed E-state index contributed by atoms with van der Waals surface area (Å²) < 4.78 is 46.4. The molecule has 2 rings (SSSR count). The second-order valence-corrected chi connectivity index (χ2v) is 4.54. The topological polar surface area (TPSA) is 34.4 Å². The lowest BCUT2D eigenvalue weighted by Gasteiger charge is -2.14. The van der Waals surface area contributed by atoms with Gasteiger partial charge < -0.3 is 14.5 Å². The number of benzene rings is 1. The molecule has 0 atom stereocenters. The molecule has 3 nitrogen and oxygen atoms in total. The second-order valence-electron chi connectivity index (χ2n) is 3.62. The zero-order valence-electron chi connectivity index (χ0n) is 9.50. The maximum Gasteiger partial charge on any atom is 0.573 e. The highest BCUT2D eigenvalue weighted by Gasteiger charge is 2.32. The van der Waals surface area contributed by atoms with Crippen molar-refractivity contribution < 1.29 is 22.3 Å². The predicted molar refractivity (Wildman–Crippen MR) is 66.9 cm³/mol. The lowest BCUT2D eigenvalue weighted by atomic mass is 10.3. The van der Waals surface area contributed by atoms with Gasteiger partial charge in [0, 0.05) is 4.47 Å². The van der Waals surface area contributed by atoms with Gasteiger partial charge in [0.15, 0.2) is 5.75 Å². The lowest BCUT2D eigenvalue weighted by Crippen LogP contribution is -2.18. The number of anilines is 1. The molecular weight excluding hydrogens is 327 g/mol. The van der Waals surface area contributed by atoms with Crippen LogP contribution in [0.25, 0.3) is 0 Å². The molecule has 0 amide bonds. The summed E-state index contributed by atoms with van der Waals surface area (Å²) in [5, 5.41) is 2.83. The fraction of sp³-hybridized carbons (Fsp3) is 0.167. The molecule has 19 heavy (non-hydrogen) atoms. The van der Waals surface area contributed by atoms with E-state index >= 15 is 0 Å². The number of hydrogen-bond donors (Lipinski definition) is 1. The van der Waals surface area contributed by atoms with Gasteiger partial charge in [-0.3, -0.25) is 0 Å². The third-order valence-electron chi connectivity index (χ3n) is 2.20. The van der Waals surface area contributed by atoms with Crippen molar-refractivity contribution in [1.29, 1.82) is 0 Å². The molecule has 0 fully saturated rings. The molecule has 1 aromatic carbocycles. The first kappa shape index (κ1) is 13.8. The monoisotopic (exact) mass is 335 g/mol. The van der Waals surface area contributed by atoms with E-state index in [1.807, 2.05) is 0 Å². The third-order valence-corrected chi connectivity index (χ3v) is 2.70. The van der Waals surface area contributed by atoms with Crippen LogP contribution in [-0.2, 0) is 6.54 Å². The van der Waals surface area contributed by atoms with Crippen molar-refractivity contribution in [2.24, 2.45) is 0 Å². The molecule has 0 saturated heterocycles. The van der Waals surface area contributed by atoms with Crippen molar-refractivity contribution in [3.05, 3.63) is 46.8 Å². The van der Waals surface area contributed by atoms with Crippen LogP contribution < -0.4 is 10.1 Å². The summed E-state index contributed by atoms with van der Waals surface area (Å²) in [7, 11) is 0. The van der Waals surface area contributed by atoms with Crippen LogP contribution in [0.15, 0.2) is 45.5 Å². The minimum Gasteiger partial charge on any atom is -0.467 e. The zero-order valence-corrected chi connectivity index (χ0v) is 11.1. The van der Waals surface area contributed by atoms with E-state index in [2.05, 4.69) is 26.0 Å². The first-order chi connectivity index (χ1) is 8.94. The molecule has 1 heterocycles. The number of nitrogens with one attached hydrogen (secondary N) is 1. The van der Waals surface area contributed by atoms with Crippen LogP contribution in [0.3, 0.4) is 0 Å². The summed E-state index contributed by atoms with van der Waals surface area (Å²) in [5.74, 6) is 0.314. The molecule has 0 aliphatic carbocycles. The van der Waals surface area contributed by atoms with Crippen LogP contribution in [0.1, 0.15) is 5.76 Å². The third kappa shape index (κ3) is 4.20. The van der Waals surface area contributed by atoms with Gasteiger partial charge in [0.05, 0.1) is 18.5 Å². The fourth-order valence-corrected chi connectivity index (χ4v) is 1.79. The Kier molecular flexibility index (Phi) is 4.04. The summed E-state index contributed by atoms with van der Waals surface area (Å²) in [6.45, 7) is 0.267. The first-order valence-electron chi connectivity index (χ1n) is 5.25. The van der Waals surface area contributed by atoms with Crippen LogP contribution in [-0.4, -0.2) is 6.36 Å². The molecule has 102 valence electrons. The average Bonchev–Trinajstić information content (AvgIpc) is 2.78. The SMILES string of the molecule is FC(F)(F)Oc1cc(Br)ccc1NCc1ccco1. The minimum atomic E-state index is -4.73. The summed E-state index contributed by atoms with van der Waals surface area (Å²) in [4.78, 5) is 0. The van der Waals surface area contributed by atoms with Crippen LogP contribution >= 0.6 is 15.9 Å². The Morgan fingerprint density at radius 2 is 2.05 bits per heavy atom. The Morgan fingerprint density at radius 1 is 1.26 bits per heavy atom. The minimum absolute atomic E-state index is 0.233. The van der Waals surface area contributed by atoms with E-state index in [-0.39, 0.29) is 18.0 Å². The summed E-state index contributed by atoms with van der Waals surface area (Å²) >= 11 is 3.10. The molecule has 0 saturated carbocycles. The maximum absolute atomic E-state index is 12.3. The molecule has 0 bridgehead atoms. The van der Waals surface area contributed by atoms with Gasteiger partial charge in [-0.1, -0.05) is 15.9 Å². The second kappa shape index (κ2) is 5.56. The number of furan rings is 1. The summed E-state index contributed by atoms with van der Waals surface area (Å²) in [6, 6.07) is 7.78. The van der Waals surface area contributed by atoms with E-state index in [1.54, 1.807) is 18.2 Å². The Labute approximate surface area is 115 Å². The molecule has 0 spiro atoms. The van der Waals surface area contributed by atoms with Crippen molar-refractivity contribution in [2.45, 2.75) is 12.9 Å². The highest BCUT2D eigenvalue weighted by Crippen LogP contribution is 2.33. The number of ether oxygens (including phenoxy) is 1. The van der Waals surface area contributed by atoms with Gasteiger partial charge in [-0.05, 0) is 30.3 Å². The number of hydrogen-bond acceptors (Lipinski definition) is 3. The molecule has 7 heteroatoms. The van der Waals surface area contributed by atoms with Crippen LogP contribution in [0.5, 0.6) is 5.75 Å². The van der Waals surface area contributed by atoms with E-state index in [0.29, 0.717) is 10.2 Å². The van der Waals surface area contributed by atoms with Gasteiger partial charge in [0.1, 0.15) is 5.76 Å². The highest BCUT2D eigenvalue weighted by atomic mass is 79.9. The van der Waals surface area contributed by atoms with Crippen molar-refractivity contribution in [2.75, 3.05) is 5.32 Å². The average molecular weight is 336 g/mol. The van der Waals surface area contributed by atoms with E-state index in [1.165, 1.54) is 18.4 Å². The predicted octanol–water partition coefficient (Wildman–Crippen LogP) is 4.55.